The molecule has 0 aromatic rings. The van der Waals surface area contributed by atoms with Crippen molar-refractivity contribution < 1.29 is 0 Å². The monoisotopic (exact) mass is 227 g/mol. The third-order valence-electron chi connectivity index (χ3n) is 3.08. The zero-order valence-corrected chi connectivity index (χ0v) is 12.2. The van der Waals surface area contributed by atoms with Gasteiger partial charge in [0.2, 0.25) is 0 Å². The normalized spacial score (nSPS) is 14.1. The fourth-order valence-corrected chi connectivity index (χ4v) is 1.94. The van der Waals surface area contributed by atoms with E-state index in [2.05, 4.69) is 39.9 Å². The molecule has 0 aliphatic rings. The van der Waals surface area contributed by atoms with E-state index < -0.39 is 0 Å². The largest absolute Gasteiger partial charge is 0.314 e. The summed E-state index contributed by atoms with van der Waals surface area (Å²) in [4.78, 5) is 0. The number of nitrogens with one attached hydrogen (secondary N) is 1. The average molecular weight is 227 g/mol. The van der Waals surface area contributed by atoms with Gasteiger partial charge in [0.15, 0.2) is 0 Å². The van der Waals surface area contributed by atoms with Gasteiger partial charge >= 0.3 is 0 Å². The van der Waals surface area contributed by atoms with E-state index in [1.54, 1.807) is 0 Å². The van der Waals surface area contributed by atoms with Gasteiger partial charge in [-0.2, -0.15) is 0 Å². The van der Waals surface area contributed by atoms with Crippen LogP contribution < -0.4 is 5.32 Å². The van der Waals surface area contributed by atoms with Crippen LogP contribution in [0.3, 0.4) is 0 Å². The predicted octanol–water partition coefficient (Wildman–Crippen LogP) is 4.76. The third kappa shape index (κ3) is 10.5. The molecule has 1 N–H and O–H groups in total. The van der Waals surface area contributed by atoms with Crippen LogP contribution in [0.4, 0.5) is 0 Å². The second kappa shape index (κ2) is 9.04. The summed E-state index contributed by atoms with van der Waals surface area (Å²) < 4.78 is 0. The van der Waals surface area contributed by atoms with Gasteiger partial charge in [-0.05, 0) is 37.6 Å². The highest BCUT2D eigenvalue weighted by molar-refractivity contribution is 4.71. The minimum absolute atomic E-state index is 0.483. The van der Waals surface area contributed by atoms with Crippen molar-refractivity contribution in [3.8, 4) is 0 Å². The van der Waals surface area contributed by atoms with Gasteiger partial charge in [0, 0.05) is 6.04 Å². The molecule has 0 saturated heterocycles. The molecule has 1 heteroatoms. The van der Waals surface area contributed by atoms with Gasteiger partial charge in [0.05, 0.1) is 0 Å². The summed E-state index contributed by atoms with van der Waals surface area (Å²) in [6.45, 7) is 12.7. The van der Waals surface area contributed by atoms with Crippen LogP contribution in [0.5, 0.6) is 0 Å². The summed E-state index contributed by atoms with van der Waals surface area (Å²) in [5, 5.41) is 3.70. The minimum atomic E-state index is 0.483. The molecule has 0 saturated carbocycles. The second-order valence-electron chi connectivity index (χ2n) is 6.25. The van der Waals surface area contributed by atoms with Crippen molar-refractivity contribution in [3.63, 3.8) is 0 Å². The van der Waals surface area contributed by atoms with Crippen LogP contribution in [0.15, 0.2) is 0 Å². The lowest BCUT2D eigenvalue weighted by atomic mass is 9.87. The van der Waals surface area contributed by atoms with Crippen LogP contribution in [0.1, 0.15) is 79.6 Å². The van der Waals surface area contributed by atoms with E-state index in [0.717, 1.165) is 6.04 Å². The smallest absolute Gasteiger partial charge is 0.00672 e. The topological polar surface area (TPSA) is 12.0 Å². The van der Waals surface area contributed by atoms with Crippen molar-refractivity contribution in [1.82, 2.24) is 5.32 Å². The zero-order valence-electron chi connectivity index (χ0n) is 12.2. The van der Waals surface area contributed by atoms with Crippen molar-refractivity contribution in [1.29, 1.82) is 0 Å². The van der Waals surface area contributed by atoms with Gasteiger partial charge in [-0.25, -0.2) is 0 Å². The number of hydrogen-bond donors (Lipinski definition) is 1. The highest BCUT2D eigenvalue weighted by Gasteiger charge is 2.14. The Morgan fingerprint density at radius 1 is 0.938 bits per heavy atom. The molecule has 98 valence electrons. The maximum Gasteiger partial charge on any atom is 0.00672 e. The van der Waals surface area contributed by atoms with E-state index in [-0.39, 0.29) is 0 Å². The Morgan fingerprint density at radius 2 is 1.62 bits per heavy atom. The van der Waals surface area contributed by atoms with Crippen molar-refractivity contribution in [2.75, 3.05) is 6.54 Å². The molecule has 0 aromatic heterocycles. The maximum absolute atomic E-state index is 3.70. The molecule has 0 heterocycles. The van der Waals surface area contributed by atoms with E-state index in [9.17, 15) is 0 Å². The van der Waals surface area contributed by atoms with Crippen molar-refractivity contribution >= 4 is 0 Å². The quantitative estimate of drug-likeness (QED) is 0.560. The number of rotatable bonds is 9. The summed E-state index contributed by atoms with van der Waals surface area (Å²) in [5.74, 6) is 0. The zero-order chi connectivity index (χ0) is 12.4. The van der Waals surface area contributed by atoms with Crippen LogP contribution in [0, 0.1) is 5.41 Å². The highest BCUT2D eigenvalue weighted by Crippen LogP contribution is 2.23. The van der Waals surface area contributed by atoms with Gasteiger partial charge in [-0.3, -0.25) is 0 Å². The highest BCUT2D eigenvalue weighted by atomic mass is 14.9. The summed E-state index contributed by atoms with van der Waals surface area (Å²) in [6.07, 6.45) is 9.40. The van der Waals surface area contributed by atoms with Crippen LogP contribution in [0.25, 0.3) is 0 Å². The third-order valence-corrected chi connectivity index (χ3v) is 3.08. The van der Waals surface area contributed by atoms with Crippen LogP contribution in [-0.2, 0) is 0 Å². The minimum Gasteiger partial charge on any atom is -0.314 e. The summed E-state index contributed by atoms with van der Waals surface area (Å²) in [7, 11) is 0. The molecule has 0 radical (unpaired) electrons. The molecule has 1 unspecified atom stereocenters. The Morgan fingerprint density at radius 3 is 2.12 bits per heavy atom. The Hall–Kier alpha value is -0.0400. The molecule has 16 heavy (non-hydrogen) atoms. The Bertz CT molecular complexity index is 146. The first-order valence-corrected chi connectivity index (χ1v) is 7.23. The molecule has 0 spiro atoms. The van der Waals surface area contributed by atoms with Crippen molar-refractivity contribution in [2.45, 2.75) is 85.6 Å². The molecule has 0 amide bonds. The first-order chi connectivity index (χ1) is 7.49. The molecule has 0 fully saturated rings. The van der Waals surface area contributed by atoms with Gasteiger partial charge in [-0.1, -0.05) is 53.9 Å². The lowest BCUT2D eigenvalue weighted by Gasteiger charge is -2.24. The number of hydrogen-bond acceptors (Lipinski definition) is 1. The van der Waals surface area contributed by atoms with E-state index >= 15 is 0 Å². The van der Waals surface area contributed by atoms with Crippen LogP contribution in [0.2, 0.25) is 0 Å². The first-order valence-electron chi connectivity index (χ1n) is 7.23. The lowest BCUT2D eigenvalue weighted by Crippen LogP contribution is -2.30. The molecule has 1 nitrogen and oxygen atoms in total. The number of unbranched alkanes of at least 4 members (excludes halogenated alkanes) is 2. The molecular formula is C15H33N. The summed E-state index contributed by atoms with van der Waals surface area (Å²) in [6, 6.07) is 0.755. The fourth-order valence-electron chi connectivity index (χ4n) is 1.94. The van der Waals surface area contributed by atoms with E-state index in [4.69, 9.17) is 0 Å². The van der Waals surface area contributed by atoms with Gasteiger partial charge in [0.25, 0.3) is 0 Å². The van der Waals surface area contributed by atoms with Crippen LogP contribution in [-0.4, -0.2) is 12.6 Å². The van der Waals surface area contributed by atoms with Gasteiger partial charge in [-0.15, -0.1) is 0 Å². The average Bonchev–Trinajstić information content (AvgIpc) is 2.20. The molecule has 1 atom stereocenters. The molecule has 0 rings (SSSR count). The van der Waals surface area contributed by atoms with Crippen molar-refractivity contribution in [3.05, 3.63) is 0 Å². The van der Waals surface area contributed by atoms with Gasteiger partial charge < -0.3 is 5.32 Å². The van der Waals surface area contributed by atoms with E-state index in [1.165, 1.54) is 51.5 Å². The molecule has 0 aromatic carbocycles. The molecular weight excluding hydrogens is 194 g/mol. The Balaban J connectivity index is 3.80. The molecule has 0 aliphatic carbocycles. The Kier molecular flexibility index (Phi) is 9.02. The van der Waals surface area contributed by atoms with Gasteiger partial charge in [0.1, 0.15) is 0 Å². The lowest BCUT2D eigenvalue weighted by molar-refractivity contribution is 0.319. The van der Waals surface area contributed by atoms with Crippen molar-refractivity contribution in [2.24, 2.45) is 5.41 Å². The van der Waals surface area contributed by atoms with E-state index in [0.29, 0.717) is 5.41 Å². The second-order valence-corrected chi connectivity index (χ2v) is 6.25. The summed E-state index contributed by atoms with van der Waals surface area (Å²) in [5.41, 5.74) is 0.483. The van der Waals surface area contributed by atoms with E-state index in [1.807, 2.05) is 0 Å². The SMILES string of the molecule is CCCCCC(CCC(C)(C)C)NCCC. The fraction of sp³-hybridized carbons (Fsp3) is 1.00. The standard InChI is InChI=1S/C15H33N/c1-6-8-9-10-14(16-13-7-2)11-12-15(3,4)5/h14,16H,6-13H2,1-5H3. The summed E-state index contributed by atoms with van der Waals surface area (Å²) >= 11 is 0. The first kappa shape index (κ1) is 16.0. The Labute approximate surface area is 103 Å². The molecule has 0 aliphatic heterocycles. The maximum atomic E-state index is 3.70. The molecule has 0 bridgehead atoms. The predicted molar refractivity (Wildman–Crippen MR) is 74.9 cm³/mol. The van der Waals surface area contributed by atoms with Crippen LogP contribution >= 0.6 is 0 Å².